The van der Waals surface area contributed by atoms with E-state index in [-0.39, 0.29) is 5.56 Å². The van der Waals surface area contributed by atoms with Crippen LogP contribution in [0.3, 0.4) is 0 Å². The van der Waals surface area contributed by atoms with E-state index < -0.39 is 23.4 Å². The van der Waals surface area contributed by atoms with E-state index in [2.05, 4.69) is 32.0 Å². The lowest BCUT2D eigenvalue weighted by molar-refractivity contribution is -0.141. The van der Waals surface area contributed by atoms with Crippen molar-refractivity contribution in [2.24, 2.45) is 0 Å². The highest BCUT2D eigenvalue weighted by Gasteiger charge is 2.33. The third-order valence-corrected chi connectivity index (χ3v) is 5.83. The van der Waals surface area contributed by atoms with Gasteiger partial charge in [0.05, 0.1) is 18.9 Å². The summed E-state index contributed by atoms with van der Waals surface area (Å²) in [6.07, 6.45) is -2.02. The maximum atomic E-state index is 13.0. The molecular formula is C28H27F3N4O3. The number of benzene rings is 1. The minimum Gasteiger partial charge on any atom is -0.378 e. The van der Waals surface area contributed by atoms with Gasteiger partial charge in [0.2, 0.25) is 0 Å². The van der Waals surface area contributed by atoms with Gasteiger partial charge >= 0.3 is 6.18 Å². The summed E-state index contributed by atoms with van der Waals surface area (Å²) in [5.74, 6) is 5.11. The van der Waals surface area contributed by atoms with Crippen LogP contribution in [0.25, 0.3) is 11.1 Å². The van der Waals surface area contributed by atoms with E-state index in [1.54, 1.807) is 32.2 Å². The SMILES string of the molecule is Cc1ccc(NC(=O)c2ccnc(C(F)(F)F)c2)cc1-c1cnc(C#CC(C)(C)O)c(N2CCOCC2)c1. The highest BCUT2D eigenvalue weighted by atomic mass is 19.4. The third-order valence-electron chi connectivity index (χ3n) is 5.83. The Hall–Kier alpha value is -3.94. The number of aryl methyl sites for hydroxylation is 1. The summed E-state index contributed by atoms with van der Waals surface area (Å²) in [5, 5.41) is 12.7. The quantitative estimate of drug-likeness (QED) is 0.482. The van der Waals surface area contributed by atoms with Crippen LogP contribution in [0, 0.1) is 18.8 Å². The van der Waals surface area contributed by atoms with Crippen molar-refractivity contribution in [3.63, 3.8) is 0 Å². The summed E-state index contributed by atoms with van der Waals surface area (Å²) in [5.41, 5.74) is 1.75. The molecule has 0 radical (unpaired) electrons. The maximum Gasteiger partial charge on any atom is 0.433 e. The molecule has 1 amide bonds. The van der Waals surface area contributed by atoms with Crippen LogP contribution in [0.4, 0.5) is 24.5 Å². The minimum atomic E-state index is -4.65. The van der Waals surface area contributed by atoms with Crippen LogP contribution in [-0.4, -0.2) is 52.9 Å². The predicted octanol–water partition coefficient (Wildman–Crippen LogP) is 4.68. The van der Waals surface area contributed by atoms with Gasteiger partial charge in [-0.15, -0.1) is 0 Å². The molecule has 1 saturated heterocycles. The number of carbonyl (C=O) groups excluding carboxylic acids is 1. The van der Waals surface area contributed by atoms with Crippen LogP contribution in [-0.2, 0) is 10.9 Å². The number of morpholine rings is 1. The molecule has 3 aromatic rings. The van der Waals surface area contributed by atoms with E-state index in [1.165, 1.54) is 6.07 Å². The zero-order chi connectivity index (χ0) is 27.5. The molecule has 38 heavy (non-hydrogen) atoms. The molecule has 0 atom stereocenters. The zero-order valence-corrected chi connectivity index (χ0v) is 21.2. The smallest absolute Gasteiger partial charge is 0.378 e. The summed E-state index contributed by atoms with van der Waals surface area (Å²) in [7, 11) is 0. The number of carbonyl (C=O) groups is 1. The van der Waals surface area contributed by atoms with Crippen LogP contribution >= 0.6 is 0 Å². The Kier molecular flexibility index (Phi) is 7.71. The fraction of sp³-hybridized carbons (Fsp3) is 0.321. The summed E-state index contributed by atoms with van der Waals surface area (Å²) in [6, 6.07) is 9.15. The molecule has 10 heteroatoms. The number of hydrogen-bond donors (Lipinski definition) is 2. The van der Waals surface area contributed by atoms with Crippen LogP contribution < -0.4 is 10.2 Å². The molecular weight excluding hydrogens is 497 g/mol. The van der Waals surface area contributed by atoms with Crippen molar-refractivity contribution in [1.82, 2.24) is 9.97 Å². The molecule has 0 spiro atoms. The van der Waals surface area contributed by atoms with Crippen molar-refractivity contribution in [1.29, 1.82) is 0 Å². The normalized spacial score (nSPS) is 14.0. The number of rotatable bonds is 4. The molecule has 7 nitrogen and oxygen atoms in total. The molecule has 4 rings (SSSR count). The molecule has 0 unspecified atom stereocenters. The molecule has 1 aromatic carbocycles. The van der Waals surface area contributed by atoms with Gasteiger partial charge in [-0.2, -0.15) is 13.2 Å². The first-order valence-corrected chi connectivity index (χ1v) is 11.9. The molecule has 0 saturated carbocycles. The third kappa shape index (κ3) is 6.68. The van der Waals surface area contributed by atoms with Crippen LogP contribution in [0.1, 0.15) is 41.2 Å². The Morgan fingerprint density at radius 2 is 1.84 bits per heavy atom. The number of amides is 1. The molecule has 0 aliphatic carbocycles. The monoisotopic (exact) mass is 524 g/mol. The van der Waals surface area contributed by atoms with Crippen molar-refractivity contribution in [3.05, 3.63) is 71.3 Å². The van der Waals surface area contributed by atoms with Gasteiger partial charge in [0.25, 0.3) is 5.91 Å². The number of ether oxygens (including phenoxy) is 1. The van der Waals surface area contributed by atoms with Crippen molar-refractivity contribution in [3.8, 4) is 23.0 Å². The second kappa shape index (κ2) is 10.8. The highest BCUT2D eigenvalue weighted by Crippen LogP contribution is 2.32. The number of anilines is 2. The van der Waals surface area contributed by atoms with Crippen molar-refractivity contribution in [2.45, 2.75) is 32.5 Å². The standard InChI is InChI=1S/C28H27F3N4O3/c1-18-4-5-21(34-26(36)19-7-9-32-25(15-19)28(29,30)31)16-22(18)20-14-24(35-10-12-38-13-11-35)23(33-17-20)6-8-27(2,3)37/h4-5,7,9,14-17,37H,10-13H2,1-3H3,(H,34,36). The minimum absolute atomic E-state index is 0.152. The first-order chi connectivity index (χ1) is 17.9. The van der Waals surface area contributed by atoms with Gasteiger partial charge in [0.1, 0.15) is 17.0 Å². The Labute approximate surface area is 218 Å². The number of halogens is 3. The second-order valence-electron chi connectivity index (χ2n) is 9.41. The van der Waals surface area contributed by atoms with E-state index >= 15 is 0 Å². The van der Waals surface area contributed by atoms with E-state index in [4.69, 9.17) is 4.74 Å². The molecule has 1 fully saturated rings. The summed E-state index contributed by atoms with van der Waals surface area (Å²) < 4.78 is 44.5. The molecule has 0 bridgehead atoms. The first kappa shape index (κ1) is 27.1. The molecule has 1 aliphatic heterocycles. The fourth-order valence-corrected chi connectivity index (χ4v) is 3.90. The Bertz CT molecular complexity index is 1400. The predicted molar refractivity (Wildman–Crippen MR) is 138 cm³/mol. The number of aliphatic hydroxyl groups is 1. The van der Waals surface area contributed by atoms with Gasteiger partial charge in [-0.1, -0.05) is 12.0 Å². The van der Waals surface area contributed by atoms with E-state index in [0.29, 0.717) is 37.7 Å². The number of aromatic nitrogens is 2. The Morgan fingerprint density at radius 1 is 1.11 bits per heavy atom. The van der Waals surface area contributed by atoms with Crippen molar-refractivity contribution >= 4 is 17.3 Å². The van der Waals surface area contributed by atoms with Crippen molar-refractivity contribution in [2.75, 3.05) is 36.5 Å². The van der Waals surface area contributed by atoms with Crippen LogP contribution in [0.5, 0.6) is 0 Å². The van der Waals surface area contributed by atoms with E-state index in [9.17, 15) is 23.1 Å². The van der Waals surface area contributed by atoms with Gasteiger partial charge in [-0.25, -0.2) is 4.98 Å². The van der Waals surface area contributed by atoms with Gasteiger partial charge in [0, 0.05) is 42.3 Å². The average Bonchev–Trinajstić information content (AvgIpc) is 2.88. The number of nitrogens with zero attached hydrogens (tertiary/aromatic N) is 3. The largest absolute Gasteiger partial charge is 0.433 e. The van der Waals surface area contributed by atoms with E-state index in [1.807, 2.05) is 19.1 Å². The number of nitrogens with one attached hydrogen (secondary N) is 1. The lowest BCUT2D eigenvalue weighted by Crippen LogP contribution is -2.36. The topological polar surface area (TPSA) is 87.6 Å². The number of pyridine rings is 2. The van der Waals surface area contributed by atoms with E-state index in [0.717, 1.165) is 34.6 Å². The Morgan fingerprint density at radius 3 is 2.53 bits per heavy atom. The highest BCUT2D eigenvalue weighted by molar-refractivity contribution is 6.04. The number of alkyl halides is 3. The van der Waals surface area contributed by atoms with Gasteiger partial charge in [-0.05, 0) is 68.2 Å². The molecule has 198 valence electrons. The Balaban J connectivity index is 1.67. The van der Waals surface area contributed by atoms with Crippen molar-refractivity contribution < 1.29 is 27.8 Å². The van der Waals surface area contributed by atoms with Crippen LogP contribution in [0.15, 0.2) is 48.8 Å². The molecule has 2 N–H and O–H groups in total. The van der Waals surface area contributed by atoms with Gasteiger partial charge in [0.15, 0.2) is 0 Å². The lowest BCUT2D eigenvalue weighted by atomic mass is 10.00. The zero-order valence-electron chi connectivity index (χ0n) is 21.2. The first-order valence-electron chi connectivity index (χ1n) is 11.9. The maximum absolute atomic E-state index is 13.0. The summed E-state index contributed by atoms with van der Waals surface area (Å²) >= 11 is 0. The summed E-state index contributed by atoms with van der Waals surface area (Å²) in [6.45, 7) is 7.55. The van der Waals surface area contributed by atoms with Gasteiger partial charge < -0.3 is 20.1 Å². The second-order valence-corrected chi connectivity index (χ2v) is 9.41. The van der Waals surface area contributed by atoms with Crippen LogP contribution in [0.2, 0.25) is 0 Å². The average molecular weight is 525 g/mol. The van der Waals surface area contributed by atoms with Gasteiger partial charge in [-0.3, -0.25) is 9.78 Å². The molecule has 1 aliphatic rings. The summed E-state index contributed by atoms with van der Waals surface area (Å²) in [4.78, 5) is 22.7. The molecule has 3 heterocycles. The molecule has 2 aromatic heterocycles. The fourth-order valence-electron chi connectivity index (χ4n) is 3.90. The lowest BCUT2D eigenvalue weighted by Gasteiger charge is -2.29. The number of hydrogen-bond acceptors (Lipinski definition) is 6.